The van der Waals surface area contributed by atoms with Gasteiger partial charge in [0, 0.05) is 26.2 Å². The van der Waals surface area contributed by atoms with E-state index in [2.05, 4.69) is 20.4 Å². The first kappa shape index (κ1) is 18.5. The van der Waals surface area contributed by atoms with E-state index < -0.39 is 0 Å². The van der Waals surface area contributed by atoms with Crippen molar-refractivity contribution in [3.05, 3.63) is 23.4 Å². The molecule has 1 saturated heterocycles. The molecule has 2 aromatic heterocycles. The van der Waals surface area contributed by atoms with Crippen LogP contribution in [0.25, 0.3) is 10.7 Å². The molecule has 1 aliphatic heterocycles. The molecule has 3 N–H and O–H groups in total. The minimum atomic E-state index is -0.330. The maximum Gasteiger partial charge on any atom is 0.244 e. The van der Waals surface area contributed by atoms with Crippen LogP contribution in [0.5, 0.6) is 0 Å². The van der Waals surface area contributed by atoms with Gasteiger partial charge in [0.1, 0.15) is 0 Å². The Morgan fingerprint density at radius 3 is 2.81 bits per heavy atom. The van der Waals surface area contributed by atoms with Crippen LogP contribution in [0.2, 0.25) is 0 Å². The molecule has 3 rings (SSSR count). The van der Waals surface area contributed by atoms with Crippen LogP contribution < -0.4 is 11.1 Å². The molecule has 3 heterocycles. The number of carbonyl (C=O) groups excluding carboxylic acids is 2. The Bertz CT molecular complexity index is 739. The van der Waals surface area contributed by atoms with Crippen molar-refractivity contribution in [3.63, 3.8) is 0 Å². The summed E-state index contributed by atoms with van der Waals surface area (Å²) in [4.78, 5) is 32.7. The molecule has 1 aliphatic rings. The van der Waals surface area contributed by atoms with E-state index in [9.17, 15) is 9.59 Å². The lowest BCUT2D eigenvalue weighted by Crippen LogP contribution is -2.51. The van der Waals surface area contributed by atoms with Crippen LogP contribution in [-0.4, -0.2) is 71.0 Å². The lowest BCUT2D eigenvalue weighted by molar-refractivity contribution is -0.134. The summed E-state index contributed by atoms with van der Waals surface area (Å²) in [6.07, 6.45) is 0. The zero-order chi connectivity index (χ0) is 18.5. The van der Waals surface area contributed by atoms with Crippen molar-refractivity contribution in [1.29, 1.82) is 0 Å². The molecule has 9 nitrogen and oxygen atoms in total. The summed E-state index contributed by atoms with van der Waals surface area (Å²) in [5.41, 5.74) is 5.21. The van der Waals surface area contributed by atoms with Gasteiger partial charge in [-0.1, -0.05) is 11.2 Å². The zero-order valence-corrected chi connectivity index (χ0v) is 15.4. The number of thiophene rings is 1. The summed E-state index contributed by atoms with van der Waals surface area (Å²) >= 11 is 1.57. The number of nitrogens with zero attached hydrogens (tertiary/aromatic N) is 4. The summed E-state index contributed by atoms with van der Waals surface area (Å²) in [6, 6.07) is 3.88. The van der Waals surface area contributed by atoms with E-state index in [0.717, 1.165) is 4.88 Å². The number of piperazine rings is 1. The standard InChI is InChI=1S/C16H22N6O3S/c1-11(16-19-15(20-25-16)12-3-2-8-26-12)21-4-6-22(7-5-21)14(24)10-18-13(23)9-17/h2-3,8,11H,4-7,9-10,17H2,1H3,(H,18,23). The fourth-order valence-corrected chi connectivity index (χ4v) is 3.43. The smallest absolute Gasteiger partial charge is 0.244 e. The third-order valence-corrected chi connectivity index (χ3v) is 5.24. The molecule has 2 amide bonds. The molecule has 10 heteroatoms. The third-order valence-electron chi connectivity index (χ3n) is 4.38. The summed E-state index contributed by atoms with van der Waals surface area (Å²) in [5, 5.41) is 8.53. The van der Waals surface area contributed by atoms with Gasteiger partial charge in [-0.2, -0.15) is 4.98 Å². The average Bonchev–Trinajstić information content (AvgIpc) is 3.36. The van der Waals surface area contributed by atoms with Crippen LogP contribution in [0.4, 0.5) is 0 Å². The van der Waals surface area contributed by atoms with Crippen molar-refractivity contribution in [2.45, 2.75) is 13.0 Å². The maximum atomic E-state index is 12.1. The highest BCUT2D eigenvalue weighted by Gasteiger charge is 2.27. The molecule has 0 bridgehead atoms. The van der Waals surface area contributed by atoms with Gasteiger partial charge < -0.3 is 20.5 Å². The highest BCUT2D eigenvalue weighted by atomic mass is 32.1. The SMILES string of the molecule is CC(c1nc(-c2cccs2)no1)N1CCN(C(=O)CNC(=O)CN)CC1. The number of aromatic nitrogens is 2. The zero-order valence-electron chi connectivity index (χ0n) is 14.6. The first-order valence-corrected chi connectivity index (χ1v) is 9.32. The Hall–Kier alpha value is -2.30. The van der Waals surface area contributed by atoms with Crippen molar-refractivity contribution >= 4 is 23.2 Å². The summed E-state index contributed by atoms with van der Waals surface area (Å²) < 4.78 is 5.42. The number of hydrogen-bond donors (Lipinski definition) is 2. The topological polar surface area (TPSA) is 118 Å². The molecule has 0 radical (unpaired) electrons. The fourth-order valence-electron chi connectivity index (χ4n) is 2.78. The second-order valence-electron chi connectivity index (χ2n) is 6.01. The predicted molar refractivity (Wildman–Crippen MR) is 96.2 cm³/mol. The highest BCUT2D eigenvalue weighted by Crippen LogP contribution is 2.25. The van der Waals surface area contributed by atoms with E-state index in [1.807, 2.05) is 24.4 Å². The number of nitrogens with two attached hydrogens (primary N) is 1. The number of rotatable bonds is 6. The molecule has 2 aromatic rings. The van der Waals surface area contributed by atoms with Crippen molar-refractivity contribution < 1.29 is 14.1 Å². The molecule has 0 aliphatic carbocycles. The molecule has 0 saturated carbocycles. The van der Waals surface area contributed by atoms with Crippen LogP contribution >= 0.6 is 11.3 Å². The first-order valence-electron chi connectivity index (χ1n) is 8.44. The molecular weight excluding hydrogens is 356 g/mol. The number of nitrogens with one attached hydrogen (secondary N) is 1. The molecule has 1 fully saturated rings. The lowest BCUT2D eigenvalue weighted by atomic mass is 10.2. The van der Waals surface area contributed by atoms with Crippen LogP contribution in [-0.2, 0) is 9.59 Å². The summed E-state index contributed by atoms with van der Waals surface area (Å²) in [6.45, 7) is 4.48. The second-order valence-corrected chi connectivity index (χ2v) is 6.95. The maximum absolute atomic E-state index is 12.1. The third kappa shape index (κ3) is 4.26. The van der Waals surface area contributed by atoms with Crippen LogP contribution in [0.3, 0.4) is 0 Å². The Morgan fingerprint density at radius 1 is 1.38 bits per heavy atom. The Morgan fingerprint density at radius 2 is 2.15 bits per heavy atom. The van der Waals surface area contributed by atoms with Gasteiger partial charge in [-0.3, -0.25) is 14.5 Å². The van der Waals surface area contributed by atoms with Gasteiger partial charge in [-0.25, -0.2) is 0 Å². The Balaban J connectivity index is 1.51. The van der Waals surface area contributed by atoms with Gasteiger partial charge in [0.15, 0.2) is 0 Å². The van der Waals surface area contributed by atoms with Gasteiger partial charge in [-0.15, -0.1) is 11.3 Å². The van der Waals surface area contributed by atoms with Crippen molar-refractivity contribution in [2.75, 3.05) is 39.3 Å². The van der Waals surface area contributed by atoms with Gasteiger partial charge in [0.25, 0.3) is 0 Å². The van der Waals surface area contributed by atoms with Gasteiger partial charge in [0.05, 0.1) is 24.0 Å². The largest absolute Gasteiger partial charge is 0.346 e. The van der Waals surface area contributed by atoms with E-state index in [4.69, 9.17) is 10.3 Å². The summed E-state index contributed by atoms with van der Waals surface area (Å²) in [7, 11) is 0. The normalized spacial score (nSPS) is 16.5. The molecule has 1 atom stereocenters. The van der Waals surface area contributed by atoms with Crippen LogP contribution in [0, 0.1) is 0 Å². The Labute approximate surface area is 155 Å². The van der Waals surface area contributed by atoms with Crippen molar-refractivity contribution in [1.82, 2.24) is 25.3 Å². The van der Waals surface area contributed by atoms with Crippen molar-refractivity contribution in [3.8, 4) is 10.7 Å². The van der Waals surface area contributed by atoms with Crippen LogP contribution in [0.15, 0.2) is 22.0 Å². The first-order chi connectivity index (χ1) is 12.6. The molecular formula is C16H22N6O3S. The van der Waals surface area contributed by atoms with E-state index in [1.165, 1.54) is 0 Å². The second kappa shape index (κ2) is 8.39. The van der Waals surface area contributed by atoms with Gasteiger partial charge in [0.2, 0.25) is 23.5 Å². The molecule has 1 unspecified atom stereocenters. The minimum Gasteiger partial charge on any atom is -0.346 e. The average molecular weight is 378 g/mol. The molecule has 140 valence electrons. The van der Waals surface area contributed by atoms with Gasteiger partial charge >= 0.3 is 0 Å². The number of amides is 2. The van der Waals surface area contributed by atoms with Gasteiger partial charge in [-0.05, 0) is 18.4 Å². The monoisotopic (exact) mass is 378 g/mol. The molecule has 0 aromatic carbocycles. The van der Waals surface area contributed by atoms with E-state index in [0.29, 0.717) is 37.9 Å². The van der Waals surface area contributed by atoms with Crippen LogP contribution in [0.1, 0.15) is 18.9 Å². The summed E-state index contributed by atoms with van der Waals surface area (Å²) in [5.74, 6) is 0.745. The molecule has 26 heavy (non-hydrogen) atoms. The van der Waals surface area contributed by atoms with E-state index in [-0.39, 0.29) is 30.9 Å². The van der Waals surface area contributed by atoms with E-state index in [1.54, 1.807) is 16.2 Å². The predicted octanol–water partition coefficient (Wildman–Crippen LogP) is 0.0782. The lowest BCUT2D eigenvalue weighted by Gasteiger charge is -2.36. The highest BCUT2D eigenvalue weighted by molar-refractivity contribution is 7.13. The molecule has 0 spiro atoms. The number of hydrogen-bond acceptors (Lipinski definition) is 8. The van der Waals surface area contributed by atoms with Crippen molar-refractivity contribution in [2.24, 2.45) is 5.73 Å². The Kier molecular flexibility index (Phi) is 5.96. The minimum absolute atomic E-state index is 0.0145. The quantitative estimate of drug-likeness (QED) is 0.731. The van der Waals surface area contributed by atoms with E-state index >= 15 is 0 Å². The fraction of sp³-hybridized carbons (Fsp3) is 0.500. The number of carbonyl (C=O) groups is 2.